The number of rotatable bonds is 5. The van der Waals surface area contributed by atoms with E-state index in [1.165, 1.54) is 0 Å². The predicted molar refractivity (Wildman–Crippen MR) is 73.8 cm³/mol. The summed E-state index contributed by atoms with van der Waals surface area (Å²) in [7, 11) is 0. The molecule has 1 aliphatic heterocycles. The molecule has 0 fully saturated rings. The number of unbranched alkanes of at least 4 members (excludes halogenated alkanes) is 1. The lowest BCUT2D eigenvalue weighted by molar-refractivity contribution is -0.121. The molecule has 0 radical (unpaired) electrons. The van der Waals surface area contributed by atoms with E-state index in [0.29, 0.717) is 24.3 Å². The molecule has 0 aliphatic carbocycles. The first-order chi connectivity index (χ1) is 9.17. The maximum absolute atomic E-state index is 11.9. The van der Waals surface area contributed by atoms with Gasteiger partial charge in [-0.3, -0.25) is 9.59 Å². The van der Waals surface area contributed by atoms with Crippen molar-refractivity contribution in [2.75, 3.05) is 18.1 Å². The van der Waals surface area contributed by atoms with Crippen LogP contribution in [0.2, 0.25) is 0 Å². The molecule has 1 heterocycles. The van der Waals surface area contributed by atoms with Gasteiger partial charge in [-0.05, 0) is 24.6 Å². The molecule has 1 aromatic rings. The molecule has 1 aromatic carbocycles. The number of nitrogens with zero attached hydrogens (tertiary/aromatic N) is 1. The van der Waals surface area contributed by atoms with E-state index in [1.54, 1.807) is 23.1 Å². The Kier molecular flexibility index (Phi) is 4.20. The fourth-order valence-corrected chi connectivity index (χ4v) is 2.14. The number of fused-ring (bicyclic) bond motifs is 1. The highest BCUT2D eigenvalue weighted by Gasteiger charge is 2.25. The van der Waals surface area contributed by atoms with Gasteiger partial charge in [-0.2, -0.15) is 0 Å². The Morgan fingerprint density at radius 3 is 2.84 bits per heavy atom. The van der Waals surface area contributed by atoms with Crippen molar-refractivity contribution in [3.05, 3.63) is 23.8 Å². The second-order valence-corrected chi connectivity index (χ2v) is 4.65. The van der Waals surface area contributed by atoms with Gasteiger partial charge >= 0.3 is 0 Å². The van der Waals surface area contributed by atoms with Crippen molar-refractivity contribution < 1.29 is 14.3 Å². The molecule has 19 heavy (non-hydrogen) atoms. The van der Waals surface area contributed by atoms with Crippen LogP contribution in [0.1, 0.15) is 43.5 Å². The quantitative estimate of drug-likeness (QED) is 0.766. The lowest BCUT2D eigenvalue weighted by Gasteiger charge is -2.29. The van der Waals surface area contributed by atoms with Crippen molar-refractivity contribution in [2.45, 2.75) is 33.1 Å². The number of Topliss-reactive ketones (excluding diaryl/α,β-unsaturated/α-hetero) is 1. The van der Waals surface area contributed by atoms with E-state index < -0.39 is 0 Å². The number of carbonyl (C=O) groups excluding carboxylic acids is 2. The zero-order chi connectivity index (χ0) is 13.8. The van der Waals surface area contributed by atoms with Gasteiger partial charge in [0.1, 0.15) is 5.75 Å². The highest BCUT2D eigenvalue weighted by molar-refractivity contribution is 6.01. The van der Waals surface area contributed by atoms with Crippen LogP contribution in [0.4, 0.5) is 5.69 Å². The molecule has 2 rings (SSSR count). The summed E-state index contributed by atoms with van der Waals surface area (Å²) in [4.78, 5) is 25.4. The minimum absolute atomic E-state index is 0.0398. The summed E-state index contributed by atoms with van der Waals surface area (Å²) in [5, 5.41) is 0. The molecule has 102 valence electrons. The summed E-state index contributed by atoms with van der Waals surface area (Å²) in [6.07, 6.45) is 2.42. The molecule has 1 amide bonds. The lowest BCUT2D eigenvalue weighted by atomic mass is 10.1. The van der Waals surface area contributed by atoms with E-state index in [9.17, 15) is 9.59 Å². The zero-order valence-electron chi connectivity index (χ0n) is 11.4. The average molecular weight is 261 g/mol. The minimum Gasteiger partial charge on any atom is -0.482 e. The first kappa shape index (κ1) is 13.6. The second kappa shape index (κ2) is 5.87. The molecule has 0 saturated heterocycles. The highest BCUT2D eigenvalue weighted by Crippen LogP contribution is 2.33. The number of hydrogen-bond acceptors (Lipinski definition) is 3. The number of benzene rings is 1. The van der Waals surface area contributed by atoms with Crippen LogP contribution in [-0.4, -0.2) is 24.8 Å². The van der Waals surface area contributed by atoms with E-state index in [4.69, 9.17) is 4.74 Å². The summed E-state index contributed by atoms with van der Waals surface area (Å²) in [5.41, 5.74) is 1.37. The Hall–Kier alpha value is -1.84. The number of amides is 1. The molecule has 0 saturated carbocycles. The van der Waals surface area contributed by atoms with Crippen molar-refractivity contribution in [3.63, 3.8) is 0 Å². The van der Waals surface area contributed by atoms with Crippen LogP contribution < -0.4 is 9.64 Å². The van der Waals surface area contributed by atoms with Crippen LogP contribution >= 0.6 is 0 Å². The maximum Gasteiger partial charge on any atom is 0.265 e. The Balaban J connectivity index is 2.35. The van der Waals surface area contributed by atoms with Crippen LogP contribution in [0.3, 0.4) is 0 Å². The third-order valence-corrected chi connectivity index (χ3v) is 3.28. The summed E-state index contributed by atoms with van der Waals surface area (Å²) in [6.45, 7) is 4.67. The number of hydrogen-bond donors (Lipinski definition) is 0. The summed E-state index contributed by atoms with van der Waals surface area (Å²) >= 11 is 0. The third-order valence-electron chi connectivity index (χ3n) is 3.28. The molecular weight excluding hydrogens is 242 g/mol. The highest BCUT2D eigenvalue weighted by atomic mass is 16.5. The first-order valence-corrected chi connectivity index (χ1v) is 6.77. The van der Waals surface area contributed by atoms with Crippen molar-refractivity contribution in [1.82, 2.24) is 0 Å². The number of anilines is 1. The van der Waals surface area contributed by atoms with Gasteiger partial charge in [0, 0.05) is 18.5 Å². The van der Waals surface area contributed by atoms with Crippen LogP contribution in [-0.2, 0) is 4.79 Å². The van der Waals surface area contributed by atoms with Gasteiger partial charge in [-0.25, -0.2) is 0 Å². The molecule has 4 nitrogen and oxygen atoms in total. The van der Waals surface area contributed by atoms with Crippen molar-refractivity contribution in [2.24, 2.45) is 0 Å². The van der Waals surface area contributed by atoms with Gasteiger partial charge in [0.2, 0.25) is 0 Å². The summed E-state index contributed by atoms with van der Waals surface area (Å²) in [6, 6.07) is 5.32. The summed E-state index contributed by atoms with van der Waals surface area (Å²) < 4.78 is 5.41. The maximum atomic E-state index is 11.9. The van der Waals surface area contributed by atoms with Crippen molar-refractivity contribution >= 4 is 17.4 Å². The van der Waals surface area contributed by atoms with Gasteiger partial charge in [0.05, 0.1) is 5.69 Å². The smallest absolute Gasteiger partial charge is 0.265 e. The number of carbonyl (C=O) groups is 2. The van der Waals surface area contributed by atoms with Crippen LogP contribution in [0, 0.1) is 0 Å². The molecule has 0 atom stereocenters. The van der Waals surface area contributed by atoms with Crippen LogP contribution in [0.15, 0.2) is 18.2 Å². The normalized spacial score (nSPS) is 14.0. The van der Waals surface area contributed by atoms with Gasteiger partial charge in [-0.1, -0.05) is 20.3 Å². The van der Waals surface area contributed by atoms with Gasteiger partial charge in [-0.15, -0.1) is 0 Å². The molecule has 4 heteroatoms. The molecule has 0 N–H and O–H groups in total. The molecule has 1 aliphatic rings. The van der Waals surface area contributed by atoms with E-state index in [2.05, 4.69) is 6.92 Å². The fraction of sp³-hybridized carbons (Fsp3) is 0.467. The Morgan fingerprint density at radius 2 is 2.16 bits per heavy atom. The molecule has 0 unspecified atom stereocenters. The molecule has 0 spiro atoms. The molecule has 0 bridgehead atoms. The van der Waals surface area contributed by atoms with E-state index in [0.717, 1.165) is 18.5 Å². The monoisotopic (exact) mass is 261 g/mol. The topological polar surface area (TPSA) is 46.6 Å². The van der Waals surface area contributed by atoms with Gasteiger partial charge in [0.15, 0.2) is 12.4 Å². The second-order valence-electron chi connectivity index (χ2n) is 4.65. The van der Waals surface area contributed by atoms with Gasteiger partial charge in [0.25, 0.3) is 5.91 Å². The van der Waals surface area contributed by atoms with Crippen LogP contribution in [0.25, 0.3) is 0 Å². The Labute approximate surface area is 113 Å². The van der Waals surface area contributed by atoms with Crippen LogP contribution in [0.5, 0.6) is 5.75 Å². The number of ketones is 1. The van der Waals surface area contributed by atoms with E-state index in [-0.39, 0.29) is 18.3 Å². The Morgan fingerprint density at radius 1 is 1.37 bits per heavy atom. The largest absolute Gasteiger partial charge is 0.482 e. The van der Waals surface area contributed by atoms with Crippen molar-refractivity contribution in [3.8, 4) is 5.75 Å². The average Bonchev–Trinajstić information content (AvgIpc) is 2.45. The zero-order valence-corrected chi connectivity index (χ0v) is 11.4. The minimum atomic E-state index is -0.0398. The standard InChI is InChI=1S/C15H19NO3/c1-3-5-8-16-12-9-11(13(17)4-2)6-7-14(12)19-10-15(16)18/h6-7,9H,3-5,8,10H2,1-2H3. The summed E-state index contributed by atoms with van der Waals surface area (Å²) in [5.74, 6) is 0.724. The molecular formula is C15H19NO3. The number of ether oxygens (including phenoxy) is 1. The SMILES string of the molecule is CCCCN1C(=O)COc2ccc(C(=O)CC)cc21. The Bertz CT molecular complexity index is 496. The fourth-order valence-electron chi connectivity index (χ4n) is 2.14. The van der Waals surface area contributed by atoms with E-state index >= 15 is 0 Å². The van der Waals surface area contributed by atoms with Gasteiger partial charge < -0.3 is 9.64 Å². The van der Waals surface area contributed by atoms with Crippen molar-refractivity contribution in [1.29, 1.82) is 0 Å². The van der Waals surface area contributed by atoms with E-state index in [1.807, 2.05) is 6.92 Å². The molecule has 0 aromatic heterocycles. The lowest BCUT2D eigenvalue weighted by Crippen LogP contribution is -2.39. The first-order valence-electron chi connectivity index (χ1n) is 6.77. The third kappa shape index (κ3) is 2.78. The predicted octanol–water partition coefficient (Wildman–Crippen LogP) is 2.80.